The van der Waals surface area contributed by atoms with E-state index in [1.165, 1.54) is 0 Å². The van der Waals surface area contributed by atoms with Crippen molar-refractivity contribution in [3.8, 4) is 0 Å². The zero-order chi connectivity index (χ0) is 2.71. The second-order valence-corrected chi connectivity index (χ2v) is 0.231. The van der Waals surface area contributed by atoms with Crippen molar-refractivity contribution in [3.63, 3.8) is 0 Å². The first-order chi connectivity index (χ1) is 1.41. The molecule has 0 rings (SSSR count). The maximum absolute atomic E-state index is 8.45. The van der Waals surface area contributed by atoms with Gasteiger partial charge in [0.15, 0.2) is 0 Å². The topological polar surface area (TPSA) is 17.1 Å². The Kier molecular flexibility index (Phi) is 20.9. The van der Waals surface area contributed by atoms with Crippen molar-refractivity contribution in [2.75, 3.05) is 0 Å². The quantitative estimate of drug-likeness (QED) is 0.290. The largest absolute Gasteiger partial charge is 0.525 e. The summed E-state index contributed by atoms with van der Waals surface area (Å²) in [6.45, 7) is 0. The van der Waals surface area contributed by atoms with Gasteiger partial charge in [-0.05, 0) is 0 Å². The Morgan fingerprint density at radius 3 is 1.75 bits per heavy atom. The average molecular weight is 170 g/mol. The molecule has 0 unspecified atom stereocenters. The molecule has 1 nitrogen and oxygen atoms in total. The molecule has 0 bridgehead atoms. The van der Waals surface area contributed by atoms with Crippen molar-refractivity contribution in [1.82, 2.24) is 0 Å². The summed E-state index contributed by atoms with van der Waals surface area (Å²) in [4.78, 5) is 8.45. The van der Waals surface area contributed by atoms with Crippen LogP contribution in [0.4, 0.5) is 0 Å². The van der Waals surface area contributed by atoms with Gasteiger partial charge in [-0.2, -0.15) is 5.75 Å². The van der Waals surface area contributed by atoms with E-state index in [4.69, 9.17) is 4.79 Å². The van der Waals surface area contributed by atoms with Crippen molar-refractivity contribution in [2.24, 2.45) is 0 Å². The Balaban J connectivity index is 0. The summed E-state index contributed by atoms with van der Waals surface area (Å²) in [5, 5.41) is 0. The Bertz CT molecular complexity index is 15.5. The molecule has 4 heavy (non-hydrogen) atoms. The zero-order valence-corrected chi connectivity index (χ0v) is 3.91. The molecule has 28 valence electrons. The van der Waals surface area contributed by atoms with Gasteiger partial charge in [-0.25, -0.2) is 0 Å². The minimum atomic E-state index is 0. The summed E-state index contributed by atoms with van der Waals surface area (Å²) in [6.07, 6.45) is 0. The van der Waals surface area contributed by atoms with Gasteiger partial charge in [0.1, 0.15) is 0 Å². The maximum atomic E-state index is 8.45. The van der Waals surface area contributed by atoms with Gasteiger partial charge in [0.2, 0.25) is 0 Å². The number of hydrogen-bond donors (Lipinski definition) is 0. The van der Waals surface area contributed by atoms with Gasteiger partial charge in [-0.15, -0.1) is 0 Å². The molecule has 3 heteroatoms. The minimum Gasteiger partial charge on any atom is -0.525 e. The predicted octanol–water partition coefficient (Wildman–Crippen LogP) is 0.290. The van der Waals surface area contributed by atoms with Crippen LogP contribution in [0.1, 0.15) is 0 Å². The first kappa shape index (κ1) is 8.82. The Labute approximate surface area is 43.0 Å². The van der Waals surface area contributed by atoms with Crippen LogP contribution < -0.4 is 0 Å². The Hall–Kier alpha value is 0.622. The van der Waals surface area contributed by atoms with Crippen molar-refractivity contribution in [3.05, 3.63) is 0 Å². The molecule has 0 aromatic carbocycles. The zero-order valence-electron chi connectivity index (χ0n) is 1.60. The second-order valence-electron chi connectivity index (χ2n) is 0.0772. The van der Waals surface area contributed by atoms with Crippen LogP contribution in [-0.2, 0) is 25.2 Å². The molecule has 0 radical (unpaired) electrons. The normalized spacial score (nSPS) is 3.25. The van der Waals surface area contributed by atoms with Crippen LogP contribution in [0, 0.1) is 0 Å². The van der Waals surface area contributed by atoms with Gasteiger partial charge in [-0.1, -0.05) is 0 Å². The van der Waals surface area contributed by atoms with Gasteiger partial charge in [0, 0.05) is 20.4 Å². The van der Waals surface area contributed by atoms with Crippen molar-refractivity contribution >= 4 is 17.3 Å². The van der Waals surface area contributed by atoms with Gasteiger partial charge in [0.05, 0.1) is 0 Å². The molecule has 0 amide bonds. The van der Waals surface area contributed by atoms with E-state index in [1.807, 2.05) is 0 Å². The number of hydrogen-bond acceptors (Lipinski definition) is 1. The third-order valence-electron chi connectivity index (χ3n) is 0. The van der Waals surface area contributed by atoms with Crippen LogP contribution in [0.25, 0.3) is 0 Å². The number of rotatable bonds is 0. The van der Waals surface area contributed by atoms with E-state index in [0.29, 0.717) is 0 Å². The van der Waals surface area contributed by atoms with Crippen LogP contribution in [-0.4, -0.2) is 5.75 Å². The summed E-state index contributed by atoms with van der Waals surface area (Å²) in [6, 6.07) is 0. The first-order valence-corrected chi connectivity index (χ1v) is 0.771. The molecule has 0 aliphatic rings. The van der Waals surface area contributed by atoms with E-state index in [1.54, 1.807) is 0 Å². The summed E-state index contributed by atoms with van der Waals surface area (Å²) in [5.41, 5.74) is 0. The molecule has 0 aliphatic heterocycles. The van der Waals surface area contributed by atoms with Crippen molar-refractivity contribution in [2.45, 2.75) is 0 Å². The van der Waals surface area contributed by atoms with Crippen molar-refractivity contribution in [1.29, 1.82) is 0 Å². The molecule has 0 spiro atoms. The molecule has 0 aromatic rings. The van der Waals surface area contributed by atoms with E-state index in [-0.39, 0.29) is 20.4 Å². The molecular formula is CClOPd-. The van der Waals surface area contributed by atoms with Crippen LogP contribution in [0.5, 0.6) is 0 Å². The Morgan fingerprint density at radius 2 is 1.75 bits per heavy atom. The SMILES string of the molecule is O=[C-]Cl.[Pd]. The predicted molar refractivity (Wildman–Crippen MR) is 11.5 cm³/mol. The average Bonchev–Trinajstić information content (AvgIpc) is 0.918. The van der Waals surface area contributed by atoms with E-state index >= 15 is 0 Å². The molecule has 0 atom stereocenters. The monoisotopic (exact) mass is 169 g/mol. The summed E-state index contributed by atoms with van der Waals surface area (Å²) in [7, 11) is 0. The van der Waals surface area contributed by atoms with Crippen LogP contribution in [0.3, 0.4) is 0 Å². The van der Waals surface area contributed by atoms with E-state index < -0.39 is 0 Å². The maximum Gasteiger partial charge on any atom is 0 e. The first-order valence-electron chi connectivity index (χ1n) is 0.393. The fourth-order valence-corrected chi connectivity index (χ4v) is 0. The fraction of sp³-hybridized carbons (Fsp3) is 0. The molecule has 0 heterocycles. The summed E-state index contributed by atoms with van der Waals surface area (Å²) >= 11 is 4.19. The van der Waals surface area contributed by atoms with Crippen LogP contribution >= 0.6 is 11.6 Å². The summed E-state index contributed by atoms with van der Waals surface area (Å²) in [5.74, 6) is 0.972. The molecule has 0 aromatic heterocycles. The molecular weight excluding hydrogens is 170 g/mol. The van der Waals surface area contributed by atoms with Crippen molar-refractivity contribution < 1.29 is 25.2 Å². The Morgan fingerprint density at radius 1 is 1.75 bits per heavy atom. The molecule has 0 saturated heterocycles. The molecule has 0 aliphatic carbocycles. The second kappa shape index (κ2) is 9.46. The standard InChI is InChI=1S/CClO.Pd/c2-1-3;/q-1;. The van der Waals surface area contributed by atoms with E-state index in [0.717, 1.165) is 5.75 Å². The molecule has 0 N–H and O–H groups in total. The van der Waals surface area contributed by atoms with Gasteiger partial charge >= 0.3 is 0 Å². The van der Waals surface area contributed by atoms with Gasteiger partial charge in [0.25, 0.3) is 0 Å². The molecule has 0 saturated carbocycles. The number of halogens is 1. The number of carbonyl (C=O) groups excluding carboxylic acids is 1. The smallest absolute Gasteiger partial charge is 0 e. The third kappa shape index (κ3) is 17.8. The fourth-order valence-electron chi connectivity index (χ4n) is 0. The van der Waals surface area contributed by atoms with E-state index in [2.05, 4.69) is 11.6 Å². The molecule has 0 fully saturated rings. The minimum absolute atomic E-state index is 0. The summed E-state index contributed by atoms with van der Waals surface area (Å²) < 4.78 is 0. The van der Waals surface area contributed by atoms with Crippen LogP contribution in [0.15, 0.2) is 0 Å². The van der Waals surface area contributed by atoms with Gasteiger partial charge in [-0.3, -0.25) is 0 Å². The van der Waals surface area contributed by atoms with Gasteiger partial charge < -0.3 is 16.4 Å². The van der Waals surface area contributed by atoms with E-state index in [9.17, 15) is 0 Å². The van der Waals surface area contributed by atoms with Crippen LogP contribution in [0.2, 0.25) is 0 Å². The third-order valence-corrected chi connectivity index (χ3v) is 0.